The minimum Gasteiger partial charge on any atom is -0.394 e. The largest absolute Gasteiger partial charge is 0.394 e. The van der Waals surface area contributed by atoms with Crippen molar-refractivity contribution in [2.75, 3.05) is 6.61 Å². The van der Waals surface area contributed by atoms with Gasteiger partial charge in [-0.25, -0.2) is 4.98 Å². The minimum absolute atomic E-state index is 0.0259. The number of aliphatic hydroxyl groups excluding tert-OH is 1. The molecule has 4 nitrogen and oxygen atoms in total. The molecule has 2 rings (SSSR count). The second-order valence-corrected chi connectivity index (χ2v) is 5.85. The number of hydrogen-bond donors (Lipinski definition) is 2. The predicted octanol–water partition coefficient (Wildman–Crippen LogP) is 2.41. The van der Waals surface area contributed by atoms with E-state index in [0.29, 0.717) is 16.6 Å². The first-order valence-corrected chi connectivity index (χ1v) is 6.97. The van der Waals surface area contributed by atoms with Crippen LogP contribution in [0.4, 0.5) is 0 Å². The summed E-state index contributed by atoms with van der Waals surface area (Å²) in [6.45, 7) is 2.13. The minimum atomic E-state index is -0.496. The quantitative estimate of drug-likeness (QED) is 0.837. The first-order valence-electron chi connectivity index (χ1n) is 6.60. The number of carbonyl (C=O) groups excluding carboxylic acids is 1. The lowest BCUT2D eigenvalue weighted by molar-refractivity contribution is 0.0697. The average molecular weight is 283 g/mol. The lowest BCUT2D eigenvalue weighted by atomic mass is 9.76. The summed E-state index contributed by atoms with van der Waals surface area (Å²) in [4.78, 5) is 16.1. The molecule has 1 heterocycles. The van der Waals surface area contributed by atoms with E-state index in [0.717, 1.165) is 25.7 Å². The number of amides is 1. The Bertz CT molecular complexity index is 467. The molecule has 0 aromatic carbocycles. The first-order chi connectivity index (χ1) is 9.04. The van der Waals surface area contributed by atoms with E-state index in [2.05, 4.69) is 17.2 Å². The molecule has 1 aromatic heterocycles. The van der Waals surface area contributed by atoms with E-state index in [1.165, 1.54) is 12.3 Å². The summed E-state index contributed by atoms with van der Waals surface area (Å²) in [5.41, 5.74) is -0.0177. The zero-order valence-electron chi connectivity index (χ0n) is 11.0. The van der Waals surface area contributed by atoms with Crippen LogP contribution in [0, 0.1) is 5.92 Å². The summed E-state index contributed by atoms with van der Waals surface area (Å²) >= 11 is 5.78. The van der Waals surface area contributed by atoms with Crippen molar-refractivity contribution in [2.45, 2.75) is 38.1 Å². The molecule has 0 saturated heterocycles. The van der Waals surface area contributed by atoms with Crippen LogP contribution in [0.2, 0.25) is 5.15 Å². The molecule has 1 fully saturated rings. The van der Waals surface area contributed by atoms with Gasteiger partial charge in [-0.15, -0.1) is 0 Å². The van der Waals surface area contributed by atoms with Crippen LogP contribution in [-0.4, -0.2) is 28.1 Å². The van der Waals surface area contributed by atoms with Crippen molar-refractivity contribution in [3.05, 3.63) is 29.0 Å². The maximum atomic E-state index is 12.2. The highest BCUT2D eigenvalue weighted by molar-refractivity contribution is 6.29. The van der Waals surface area contributed by atoms with Gasteiger partial charge in [0.1, 0.15) is 5.15 Å². The van der Waals surface area contributed by atoms with Gasteiger partial charge in [0, 0.05) is 11.8 Å². The van der Waals surface area contributed by atoms with Gasteiger partial charge in [-0.1, -0.05) is 31.4 Å². The zero-order valence-corrected chi connectivity index (χ0v) is 11.8. The van der Waals surface area contributed by atoms with Crippen LogP contribution < -0.4 is 5.32 Å². The Morgan fingerprint density at radius 1 is 1.68 bits per heavy atom. The fourth-order valence-corrected chi connectivity index (χ4v) is 2.99. The molecule has 0 spiro atoms. The molecule has 0 radical (unpaired) electrons. The number of halogens is 1. The normalized spacial score (nSPS) is 27.0. The fourth-order valence-electron chi connectivity index (χ4n) is 2.81. The maximum absolute atomic E-state index is 12.2. The van der Waals surface area contributed by atoms with E-state index < -0.39 is 5.54 Å². The van der Waals surface area contributed by atoms with Gasteiger partial charge in [-0.05, 0) is 30.9 Å². The fraction of sp³-hybridized carbons (Fsp3) is 0.571. The summed E-state index contributed by atoms with van der Waals surface area (Å²) in [5, 5.41) is 12.9. The monoisotopic (exact) mass is 282 g/mol. The molecule has 1 aromatic rings. The van der Waals surface area contributed by atoms with Crippen molar-refractivity contribution < 1.29 is 9.90 Å². The molecule has 0 bridgehead atoms. The average Bonchev–Trinajstić information content (AvgIpc) is 2.38. The third-order valence-corrected chi connectivity index (χ3v) is 3.97. The highest BCUT2D eigenvalue weighted by atomic mass is 35.5. The molecule has 1 amide bonds. The molecule has 19 heavy (non-hydrogen) atoms. The van der Waals surface area contributed by atoms with Crippen LogP contribution in [-0.2, 0) is 0 Å². The third-order valence-electron chi connectivity index (χ3n) is 3.76. The maximum Gasteiger partial charge on any atom is 0.251 e. The molecular formula is C14H19ClN2O2. The number of aliphatic hydroxyl groups is 1. The summed E-state index contributed by atoms with van der Waals surface area (Å²) in [7, 11) is 0. The number of rotatable bonds is 3. The van der Waals surface area contributed by atoms with Crippen molar-refractivity contribution in [3.8, 4) is 0 Å². The Hall–Kier alpha value is -1.13. The Balaban J connectivity index is 2.12. The van der Waals surface area contributed by atoms with Gasteiger partial charge in [0.15, 0.2) is 0 Å². The summed E-state index contributed by atoms with van der Waals surface area (Å²) in [5.74, 6) is 0.315. The zero-order chi connectivity index (χ0) is 13.9. The molecule has 2 unspecified atom stereocenters. The van der Waals surface area contributed by atoms with Crippen molar-refractivity contribution in [2.24, 2.45) is 5.92 Å². The van der Waals surface area contributed by atoms with Crippen LogP contribution in [0.15, 0.2) is 18.3 Å². The number of pyridine rings is 1. The first kappa shape index (κ1) is 14.3. The van der Waals surface area contributed by atoms with Gasteiger partial charge < -0.3 is 10.4 Å². The summed E-state index contributed by atoms with van der Waals surface area (Å²) < 4.78 is 0. The van der Waals surface area contributed by atoms with Gasteiger partial charge in [-0.3, -0.25) is 4.79 Å². The van der Waals surface area contributed by atoms with Gasteiger partial charge in [0.25, 0.3) is 5.91 Å². The van der Waals surface area contributed by atoms with Crippen LogP contribution in [0.3, 0.4) is 0 Å². The smallest absolute Gasteiger partial charge is 0.251 e. The lowest BCUT2D eigenvalue weighted by Gasteiger charge is -2.39. The molecule has 1 saturated carbocycles. The van der Waals surface area contributed by atoms with Crippen LogP contribution >= 0.6 is 11.6 Å². The Morgan fingerprint density at radius 3 is 3.11 bits per heavy atom. The summed E-state index contributed by atoms with van der Waals surface area (Å²) in [6, 6.07) is 3.16. The molecule has 1 aliphatic rings. The number of carbonyl (C=O) groups is 1. The molecule has 1 aliphatic carbocycles. The summed E-state index contributed by atoms with van der Waals surface area (Å²) in [6.07, 6.45) is 5.32. The van der Waals surface area contributed by atoms with E-state index in [4.69, 9.17) is 11.6 Å². The van der Waals surface area contributed by atoms with Gasteiger partial charge in [0.2, 0.25) is 0 Å². The van der Waals surface area contributed by atoms with Crippen LogP contribution in [0.5, 0.6) is 0 Å². The molecule has 0 aliphatic heterocycles. The van der Waals surface area contributed by atoms with E-state index in [9.17, 15) is 9.90 Å². The van der Waals surface area contributed by atoms with E-state index >= 15 is 0 Å². The highest BCUT2D eigenvalue weighted by Gasteiger charge is 2.35. The van der Waals surface area contributed by atoms with E-state index in [-0.39, 0.29) is 12.5 Å². The number of nitrogens with one attached hydrogen (secondary N) is 1. The Kier molecular flexibility index (Phi) is 4.42. The van der Waals surface area contributed by atoms with Crippen molar-refractivity contribution in [1.82, 2.24) is 10.3 Å². The van der Waals surface area contributed by atoms with Crippen LogP contribution in [0.25, 0.3) is 0 Å². The SMILES string of the molecule is CC1CCCC(CO)(NC(=O)c2ccnc(Cl)c2)C1. The highest BCUT2D eigenvalue weighted by Crippen LogP contribution is 2.32. The molecule has 2 atom stereocenters. The Labute approximate surface area is 118 Å². The number of aromatic nitrogens is 1. The van der Waals surface area contributed by atoms with Crippen LogP contribution in [0.1, 0.15) is 43.0 Å². The molecular weight excluding hydrogens is 264 g/mol. The Morgan fingerprint density at radius 2 is 2.47 bits per heavy atom. The van der Waals surface area contributed by atoms with Crippen molar-refractivity contribution in [3.63, 3.8) is 0 Å². The van der Waals surface area contributed by atoms with Gasteiger partial charge >= 0.3 is 0 Å². The lowest BCUT2D eigenvalue weighted by Crippen LogP contribution is -2.53. The number of nitrogens with zero attached hydrogens (tertiary/aromatic N) is 1. The molecule has 104 valence electrons. The second-order valence-electron chi connectivity index (χ2n) is 5.46. The topological polar surface area (TPSA) is 62.2 Å². The van der Waals surface area contributed by atoms with Gasteiger partial charge in [-0.2, -0.15) is 0 Å². The van der Waals surface area contributed by atoms with Gasteiger partial charge in [0.05, 0.1) is 12.1 Å². The van der Waals surface area contributed by atoms with Crippen molar-refractivity contribution >= 4 is 17.5 Å². The molecule has 5 heteroatoms. The van der Waals surface area contributed by atoms with Crippen molar-refractivity contribution in [1.29, 1.82) is 0 Å². The molecule has 2 N–H and O–H groups in total. The van der Waals surface area contributed by atoms with E-state index in [1.54, 1.807) is 6.07 Å². The predicted molar refractivity (Wildman–Crippen MR) is 74.2 cm³/mol. The van der Waals surface area contributed by atoms with E-state index in [1.807, 2.05) is 0 Å². The third kappa shape index (κ3) is 3.45. The standard InChI is InChI=1S/C14H19ClN2O2/c1-10-3-2-5-14(8-10,9-18)17-13(19)11-4-6-16-12(15)7-11/h4,6-7,10,18H,2-3,5,8-9H2,1H3,(H,17,19). The second kappa shape index (κ2) is 5.88. The number of hydrogen-bond acceptors (Lipinski definition) is 3.